The molecule has 7 nitrogen and oxygen atoms in total. The quantitative estimate of drug-likeness (QED) is 0.695. The Balaban J connectivity index is 1.71. The fraction of sp³-hybridized carbons (Fsp3) is 0.238. The van der Waals surface area contributed by atoms with Crippen LogP contribution in [0, 0.1) is 0 Å². The topological polar surface area (TPSA) is 69.6 Å². The van der Waals surface area contributed by atoms with Crippen molar-refractivity contribution in [1.29, 1.82) is 0 Å². The van der Waals surface area contributed by atoms with Gasteiger partial charge in [0, 0.05) is 29.6 Å². The zero-order valence-electron chi connectivity index (χ0n) is 15.3. The summed E-state index contributed by atoms with van der Waals surface area (Å²) in [5.74, 6) is 3.20. The van der Waals surface area contributed by atoms with Crippen LogP contribution in [0.5, 0.6) is 28.7 Å². The third kappa shape index (κ3) is 1.86. The predicted molar refractivity (Wildman–Crippen MR) is 102 cm³/mol. The molecule has 0 spiro atoms. The number of aliphatic hydroxyl groups is 1. The van der Waals surface area contributed by atoms with Crippen molar-refractivity contribution in [1.82, 2.24) is 0 Å². The van der Waals surface area contributed by atoms with Crippen LogP contribution >= 0.6 is 0 Å². The Bertz CT molecular complexity index is 1160. The first-order valence-corrected chi connectivity index (χ1v) is 8.95. The van der Waals surface area contributed by atoms with E-state index in [1.165, 1.54) is 0 Å². The van der Waals surface area contributed by atoms with Gasteiger partial charge in [-0.2, -0.15) is 0 Å². The minimum atomic E-state index is -0.913. The lowest BCUT2D eigenvalue weighted by molar-refractivity contribution is 0.157. The van der Waals surface area contributed by atoms with Crippen LogP contribution in [0.15, 0.2) is 30.3 Å². The van der Waals surface area contributed by atoms with Crippen molar-refractivity contribution < 1.29 is 28.8 Å². The molecule has 0 bridgehead atoms. The van der Waals surface area contributed by atoms with Crippen molar-refractivity contribution in [2.75, 3.05) is 32.6 Å². The molecule has 7 heteroatoms. The molecular weight excluding hydrogens is 362 g/mol. The van der Waals surface area contributed by atoms with Crippen molar-refractivity contribution in [3.8, 4) is 39.9 Å². The average molecular weight is 379 g/mol. The molecular formula is C21H17NO6. The molecule has 0 aromatic heterocycles. The molecule has 28 heavy (non-hydrogen) atoms. The SMILES string of the molecule is COc1cc2c(c3c1-c1ccc4cc5c(cc4c1N(C)[C@@H]3O)OCO5)OCO2. The summed E-state index contributed by atoms with van der Waals surface area (Å²) in [5, 5.41) is 13.2. The molecule has 142 valence electrons. The zero-order valence-corrected chi connectivity index (χ0v) is 15.3. The van der Waals surface area contributed by atoms with Crippen LogP contribution < -0.4 is 28.6 Å². The summed E-state index contributed by atoms with van der Waals surface area (Å²) in [5.41, 5.74) is 3.31. The normalized spacial score (nSPS) is 18.2. The molecule has 0 fully saturated rings. The Kier molecular flexibility index (Phi) is 3.01. The summed E-state index contributed by atoms with van der Waals surface area (Å²) >= 11 is 0. The zero-order chi connectivity index (χ0) is 19.0. The average Bonchev–Trinajstić information content (AvgIpc) is 3.36. The standard InChI is InChI=1S/C21H17NO6/c1-22-19-11(4-3-10-5-13-14(6-12(10)19)26-8-25-13)17-15(24-2)7-16-20(28-9-27-16)18(17)21(22)23/h3-7,21,23H,8-9H2,1-2H3/t21-/m1/s1. The van der Waals surface area contributed by atoms with E-state index < -0.39 is 6.23 Å². The molecule has 0 saturated carbocycles. The van der Waals surface area contributed by atoms with Crippen LogP contribution in [0.2, 0.25) is 0 Å². The van der Waals surface area contributed by atoms with E-state index in [1.807, 2.05) is 42.3 Å². The van der Waals surface area contributed by atoms with Gasteiger partial charge in [0.05, 0.1) is 18.4 Å². The molecule has 0 amide bonds. The Hall–Kier alpha value is -3.32. The van der Waals surface area contributed by atoms with Gasteiger partial charge in [-0.3, -0.25) is 0 Å². The molecule has 0 saturated heterocycles. The van der Waals surface area contributed by atoms with E-state index >= 15 is 0 Å². The minimum Gasteiger partial charge on any atom is -0.496 e. The third-order valence-corrected chi connectivity index (χ3v) is 5.62. The first-order valence-electron chi connectivity index (χ1n) is 8.95. The highest BCUT2D eigenvalue weighted by Gasteiger charge is 2.37. The van der Waals surface area contributed by atoms with Gasteiger partial charge in [-0.1, -0.05) is 12.1 Å². The molecule has 3 heterocycles. The van der Waals surface area contributed by atoms with Crippen molar-refractivity contribution in [3.63, 3.8) is 0 Å². The number of aliphatic hydroxyl groups excluding tert-OH is 1. The molecule has 1 N–H and O–H groups in total. The van der Waals surface area contributed by atoms with Gasteiger partial charge in [-0.05, 0) is 17.5 Å². The summed E-state index contributed by atoms with van der Waals surface area (Å²) < 4.78 is 27.9. The van der Waals surface area contributed by atoms with Crippen LogP contribution in [0.4, 0.5) is 5.69 Å². The fourth-order valence-corrected chi connectivity index (χ4v) is 4.32. The Morgan fingerprint density at radius 3 is 2.57 bits per heavy atom. The summed E-state index contributed by atoms with van der Waals surface area (Å²) in [6.45, 7) is 0.339. The van der Waals surface area contributed by atoms with Gasteiger partial charge in [-0.25, -0.2) is 0 Å². The summed E-state index contributed by atoms with van der Waals surface area (Å²) in [6, 6.07) is 9.81. The molecule has 0 aliphatic carbocycles. The molecule has 0 unspecified atom stereocenters. The van der Waals surface area contributed by atoms with Crippen molar-refractivity contribution in [2.45, 2.75) is 6.23 Å². The number of rotatable bonds is 1. The molecule has 0 radical (unpaired) electrons. The Morgan fingerprint density at radius 2 is 1.75 bits per heavy atom. The van der Waals surface area contributed by atoms with Gasteiger partial charge in [0.2, 0.25) is 13.6 Å². The highest BCUT2D eigenvalue weighted by atomic mass is 16.7. The van der Waals surface area contributed by atoms with Crippen molar-refractivity contribution >= 4 is 16.5 Å². The first-order chi connectivity index (χ1) is 13.7. The smallest absolute Gasteiger partial charge is 0.231 e. The van der Waals surface area contributed by atoms with Crippen LogP contribution in [0.1, 0.15) is 11.8 Å². The fourth-order valence-electron chi connectivity index (χ4n) is 4.32. The summed E-state index contributed by atoms with van der Waals surface area (Å²) in [6.07, 6.45) is -0.913. The molecule has 6 rings (SSSR count). The minimum absolute atomic E-state index is 0.124. The van der Waals surface area contributed by atoms with Gasteiger partial charge in [0.15, 0.2) is 29.2 Å². The lowest BCUT2D eigenvalue weighted by Crippen LogP contribution is -2.28. The number of hydrogen-bond donors (Lipinski definition) is 1. The van der Waals surface area contributed by atoms with Crippen LogP contribution in [0.3, 0.4) is 0 Å². The van der Waals surface area contributed by atoms with Gasteiger partial charge in [-0.15, -0.1) is 0 Å². The number of methoxy groups -OCH3 is 1. The molecule has 1 atom stereocenters. The lowest BCUT2D eigenvalue weighted by atomic mass is 9.88. The van der Waals surface area contributed by atoms with E-state index in [9.17, 15) is 5.11 Å². The maximum atomic E-state index is 11.2. The van der Waals surface area contributed by atoms with Gasteiger partial charge in [0.25, 0.3) is 0 Å². The van der Waals surface area contributed by atoms with E-state index in [1.54, 1.807) is 7.11 Å². The van der Waals surface area contributed by atoms with Crippen LogP contribution in [-0.2, 0) is 0 Å². The van der Waals surface area contributed by atoms with E-state index in [-0.39, 0.29) is 13.6 Å². The van der Waals surface area contributed by atoms with Gasteiger partial charge >= 0.3 is 0 Å². The molecule has 3 aliphatic heterocycles. The second kappa shape index (κ2) is 5.36. The third-order valence-electron chi connectivity index (χ3n) is 5.62. The van der Waals surface area contributed by atoms with E-state index in [4.69, 9.17) is 23.7 Å². The van der Waals surface area contributed by atoms with Gasteiger partial charge < -0.3 is 33.7 Å². The lowest BCUT2D eigenvalue weighted by Gasteiger charge is -2.36. The molecule has 3 aromatic rings. The van der Waals surface area contributed by atoms with Crippen LogP contribution in [0.25, 0.3) is 21.9 Å². The highest BCUT2D eigenvalue weighted by Crippen LogP contribution is 2.56. The van der Waals surface area contributed by atoms with E-state index in [0.29, 0.717) is 28.6 Å². The maximum Gasteiger partial charge on any atom is 0.231 e. The number of nitrogens with zero attached hydrogens (tertiary/aromatic N) is 1. The predicted octanol–water partition coefficient (Wildman–Crippen LogP) is 3.41. The number of anilines is 1. The number of benzene rings is 3. The number of fused-ring (bicyclic) bond motifs is 8. The van der Waals surface area contributed by atoms with Crippen molar-refractivity contribution in [3.05, 3.63) is 35.9 Å². The maximum absolute atomic E-state index is 11.2. The first kappa shape index (κ1) is 15.7. The number of ether oxygens (including phenoxy) is 5. The van der Waals surface area contributed by atoms with Crippen LogP contribution in [-0.4, -0.2) is 32.8 Å². The Morgan fingerprint density at radius 1 is 1.00 bits per heavy atom. The Labute approximate surface area is 160 Å². The second-order valence-corrected chi connectivity index (χ2v) is 6.97. The summed E-state index contributed by atoms with van der Waals surface area (Å²) in [7, 11) is 3.47. The monoisotopic (exact) mass is 379 g/mol. The second-order valence-electron chi connectivity index (χ2n) is 6.97. The van der Waals surface area contributed by atoms with Gasteiger partial charge in [0.1, 0.15) is 5.75 Å². The van der Waals surface area contributed by atoms with E-state index in [2.05, 4.69) is 0 Å². The molecule has 3 aliphatic rings. The summed E-state index contributed by atoms with van der Waals surface area (Å²) in [4.78, 5) is 1.84. The highest BCUT2D eigenvalue weighted by molar-refractivity contribution is 6.06. The molecule has 3 aromatic carbocycles. The van der Waals surface area contributed by atoms with Crippen molar-refractivity contribution in [2.24, 2.45) is 0 Å². The number of hydrogen-bond acceptors (Lipinski definition) is 7. The largest absolute Gasteiger partial charge is 0.496 e. The van der Waals surface area contributed by atoms with E-state index in [0.717, 1.165) is 33.3 Å².